The maximum absolute atomic E-state index is 12.5. The molecule has 5 rings (SSSR count). The molecule has 2 aromatic carbocycles. The van der Waals surface area contributed by atoms with Crippen LogP contribution in [-0.2, 0) is 16.1 Å². The summed E-state index contributed by atoms with van der Waals surface area (Å²) in [5.74, 6) is -0.973. The van der Waals surface area contributed by atoms with Crippen LogP contribution in [-0.4, -0.2) is 60.5 Å². The van der Waals surface area contributed by atoms with Crippen LogP contribution in [0.15, 0.2) is 62.2 Å². The van der Waals surface area contributed by atoms with Crippen molar-refractivity contribution in [3.05, 3.63) is 63.4 Å². The summed E-state index contributed by atoms with van der Waals surface area (Å²) in [4.78, 5) is 16.2. The first-order chi connectivity index (χ1) is 19.2. The number of methoxy groups -OCH3 is 1. The fourth-order valence-corrected chi connectivity index (χ4v) is 6.54. The van der Waals surface area contributed by atoms with Gasteiger partial charge in [-0.1, -0.05) is 55.3 Å². The van der Waals surface area contributed by atoms with E-state index in [-0.39, 0.29) is 23.4 Å². The highest BCUT2D eigenvalue weighted by molar-refractivity contribution is 9.10. The lowest BCUT2D eigenvalue weighted by molar-refractivity contribution is -0.210. The van der Waals surface area contributed by atoms with E-state index in [9.17, 15) is 9.90 Å². The number of carboxylic acid groups (broad SMARTS) is 1. The molecule has 12 heteroatoms. The van der Waals surface area contributed by atoms with Crippen molar-refractivity contribution in [1.82, 2.24) is 30.4 Å². The van der Waals surface area contributed by atoms with Crippen molar-refractivity contribution >= 4 is 44.5 Å². The third kappa shape index (κ3) is 4.65. The Balaban J connectivity index is 1.58. The predicted octanol–water partition coefficient (Wildman–Crippen LogP) is 6.55. The van der Waals surface area contributed by atoms with Crippen LogP contribution >= 0.6 is 27.5 Å². The van der Waals surface area contributed by atoms with Crippen LogP contribution in [0.25, 0.3) is 33.7 Å². The van der Waals surface area contributed by atoms with E-state index in [1.807, 2.05) is 61.2 Å². The highest BCUT2D eigenvalue weighted by atomic mass is 79.9. The van der Waals surface area contributed by atoms with E-state index < -0.39 is 11.8 Å². The number of carbonyl (C=O) groups is 1. The quantitative estimate of drug-likeness (QED) is 0.188. The van der Waals surface area contributed by atoms with Crippen molar-refractivity contribution in [2.75, 3.05) is 7.11 Å². The molecule has 0 radical (unpaired) electrons. The van der Waals surface area contributed by atoms with E-state index >= 15 is 0 Å². The van der Waals surface area contributed by atoms with Gasteiger partial charge in [0.05, 0.1) is 4.47 Å². The van der Waals surface area contributed by atoms with Crippen molar-refractivity contribution in [3.8, 4) is 22.7 Å². The molecule has 1 atom stereocenters. The summed E-state index contributed by atoms with van der Waals surface area (Å²) in [6, 6.07) is 13.4. The van der Waals surface area contributed by atoms with Crippen LogP contribution < -0.4 is 0 Å². The number of benzene rings is 2. The largest absolute Gasteiger partial charge is 0.476 e. The second kappa shape index (κ2) is 11.2. The number of carboxylic acids is 1. The zero-order chi connectivity index (χ0) is 28.6. The lowest BCUT2D eigenvalue weighted by Crippen LogP contribution is -2.58. The van der Waals surface area contributed by atoms with Gasteiger partial charge in [-0.2, -0.15) is 0 Å². The summed E-state index contributed by atoms with van der Waals surface area (Å²) in [6.45, 7) is 6.32. The Kier molecular flexibility index (Phi) is 7.89. The third-order valence-corrected chi connectivity index (χ3v) is 8.33. The zero-order valence-electron chi connectivity index (χ0n) is 22.6. The minimum atomic E-state index is -1.10. The van der Waals surface area contributed by atoms with E-state index in [0.29, 0.717) is 23.6 Å². The molecule has 0 bridgehead atoms. The molecule has 3 heterocycles. The Morgan fingerprint density at radius 3 is 2.62 bits per heavy atom. The molecule has 0 fully saturated rings. The normalized spacial score (nSPS) is 17.6. The molecule has 0 saturated heterocycles. The molecule has 0 amide bonds. The number of hydrogen-bond acceptors (Lipinski definition) is 8. The molecule has 0 aliphatic carbocycles. The summed E-state index contributed by atoms with van der Waals surface area (Å²) in [7, 11) is 1.61. The topological polar surface area (TPSA) is 121 Å². The summed E-state index contributed by atoms with van der Waals surface area (Å²) in [6.07, 6.45) is 2.34. The molecular formula is C28H30BrClN6O4. The van der Waals surface area contributed by atoms with Gasteiger partial charge in [-0.15, -0.1) is 5.10 Å². The first-order valence-electron chi connectivity index (χ1n) is 13.0. The number of aliphatic carboxylic acids is 1. The Hall–Kier alpha value is -3.41. The number of nitrogens with one attached hydrogen (secondary N) is 1. The molecule has 4 aromatic rings. The van der Waals surface area contributed by atoms with Gasteiger partial charge in [0.15, 0.2) is 11.5 Å². The molecule has 1 aliphatic rings. The van der Waals surface area contributed by atoms with E-state index in [1.165, 1.54) is 0 Å². The van der Waals surface area contributed by atoms with Crippen LogP contribution in [0, 0.1) is 0 Å². The van der Waals surface area contributed by atoms with Crippen molar-refractivity contribution in [1.29, 1.82) is 0 Å². The number of rotatable bonds is 10. The number of tetrazole rings is 1. The molecule has 1 aliphatic heterocycles. The lowest BCUT2D eigenvalue weighted by atomic mass is 10.0. The molecule has 210 valence electrons. The molecular weight excluding hydrogens is 600 g/mol. The first kappa shape index (κ1) is 28.1. The number of aromatic nitrogens is 4. The fraction of sp³-hybridized carbons (Fsp3) is 0.357. The number of fused-ring (bicyclic) bond motifs is 1. The molecule has 0 spiro atoms. The van der Waals surface area contributed by atoms with E-state index in [2.05, 4.69) is 43.5 Å². The highest BCUT2D eigenvalue weighted by Gasteiger charge is 2.53. The predicted molar refractivity (Wildman–Crippen MR) is 155 cm³/mol. The number of furan rings is 1. The minimum Gasteiger partial charge on any atom is -0.476 e. The number of ether oxygens (including phenoxy) is 1. The van der Waals surface area contributed by atoms with Gasteiger partial charge in [0.2, 0.25) is 5.85 Å². The average molecular weight is 630 g/mol. The molecule has 40 heavy (non-hydrogen) atoms. The number of halogens is 2. The Morgan fingerprint density at radius 2 is 2.00 bits per heavy atom. The number of nitrogens with zero attached hydrogens (tertiary/aromatic N) is 5. The summed E-state index contributed by atoms with van der Waals surface area (Å²) in [5, 5.41) is 25.5. The minimum absolute atomic E-state index is 0.0231. The van der Waals surface area contributed by atoms with Crippen LogP contribution in [0.3, 0.4) is 0 Å². The van der Waals surface area contributed by atoms with Gasteiger partial charge < -0.3 is 24.1 Å². The lowest BCUT2D eigenvalue weighted by Gasteiger charge is -2.47. The van der Waals surface area contributed by atoms with Crippen molar-refractivity contribution in [2.45, 2.75) is 58.5 Å². The van der Waals surface area contributed by atoms with Crippen LogP contribution in [0.1, 0.15) is 45.6 Å². The van der Waals surface area contributed by atoms with E-state index in [4.69, 9.17) is 20.8 Å². The van der Waals surface area contributed by atoms with Crippen molar-refractivity contribution in [2.24, 2.45) is 0 Å². The maximum Gasteiger partial charge on any atom is 0.355 e. The van der Waals surface area contributed by atoms with Gasteiger partial charge in [0.1, 0.15) is 16.5 Å². The molecule has 10 nitrogen and oxygen atoms in total. The van der Waals surface area contributed by atoms with Gasteiger partial charge in [-0.3, -0.25) is 0 Å². The number of unbranched alkanes of at least 4 members (excludes halogenated alkanes) is 1. The summed E-state index contributed by atoms with van der Waals surface area (Å²) in [5.41, 5.74) is 3.19. The Morgan fingerprint density at radius 1 is 1.25 bits per heavy atom. The first-order valence-corrected chi connectivity index (χ1v) is 14.2. The smallest absolute Gasteiger partial charge is 0.355 e. The van der Waals surface area contributed by atoms with Crippen molar-refractivity contribution in [3.63, 3.8) is 0 Å². The van der Waals surface area contributed by atoms with Crippen LogP contribution in [0.5, 0.6) is 0 Å². The zero-order valence-corrected chi connectivity index (χ0v) is 25.0. The average Bonchev–Trinajstić information content (AvgIpc) is 3.64. The Bertz CT molecular complexity index is 1570. The second-order valence-corrected chi connectivity index (χ2v) is 11.1. The van der Waals surface area contributed by atoms with Gasteiger partial charge in [0, 0.05) is 42.6 Å². The SMILES string of the molecule is CCCCC1(OC)N(Cc2ccc3oc(-c4ccccc4-c4nnn[nH]4)c(Br)c3c2)C(C(=O)O)=C(Cl)N1C(C)C. The molecule has 2 N–H and O–H groups in total. The molecule has 1 unspecified atom stereocenters. The van der Waals surface area contributed by atoms with Crippen molar-refractivity contribution < 1.29 is 19.1 Å². The Labute approximate surface area is 245 Å². The monoisotopic (exact) mass is 628 g/mol. The van der Waals surface area contributed by atoms with Crippen LogP contribution in [0.4, 0.5) is 0 Å². The van der Waals surface area contributed by atoms with Crippen LogP contribution in [0.2, 0.25) is 0 Å². The van der Waals surface area contributed by atoms with Gasteiger partial charge in [-0.25, -0.2) is 9.89 Å². The highest BCUT2D eigenvalue weighted by Crippen LogP contribution is 2.46. The van der Waals surface area contributed by atoms with E-state index in [0.717, 1.165) is 39.4 Å². The number of aromatic amines is 1. The van der Waals surface area contributed by atoms with Gasteiger partial charge >= 0.3 is 5.97 Å². The molecule has 2 aromatic heterocycles. The standard InChI is InChI=1S/C28H30BrClN6O4/c1-5-6-13-28(39-4)35(23(27(37)38)25(30)36(28)16(2)3)15-17-11-12-21-20(14-17)22(29)24(40-21)18-9-7-8-10-19(18)26-31-33-34-32-26/h7-12,14,16H,5-6,13,15H2,1-4H3,(H,37,38)(H,31,32,33,34). The van der Waals surface area contributed by atoms with Gasteiger partial charge in [0.25, 0.3) is 0 Å². The third-order valence-electron chi connectivity index (χ3n) is 7.18. The number of H-pyrrole nitrogens is 1. The van der Waals surface area contributed by atoms with E-state index in [1.54, 1.807) is 12.0 Å². The second-order valence-electron chi connectivity index (χ2n) is 9.92. The molecule has 0 saturated carbocycles. The summed E-state index contributed by atoms with van der Waals surface area (Å²) >= 11 is 10.5. The summed E-state index contributed by atoms with van der Waals surface area (Å²) < 4.78 is 13.2. The maximum atomic E-state index is 12.5. The van der Waals surface area contributed by atoms with Gasteiger partial charge in [-0.05, 0) is 64.3 Å². The fourth-order valence-electron chi connectivity index (χ4n) is 5.42. The number of hydrogen-bond donors (Lipinski definition) is 2.